The zero-order valence-corrected chi connectivity index (χ0v) is 17.7. The fourth-order valence-electron chi connectivity index (χ4n) is 6.33. The number of aliphatic carboxylic acids is 1. The first kappa shape index (κ1) is 20.4. The molecular formula is C25H38O2. The predicted octanol–water partition coefficient (Wildman–Crippen LogP) is 6.47. The highest BCUT2D eigenvalue weighted by atomic mass is 16.4. The van der Waals surface area contributed by atoms with Gasteiger partial charge in [-0.1, -0.05) is 71.2 Å². The normalized spacial score (nSPS) is 29.0. The minimum Gasteiger partial charge on any atom is -0.481 e. The molecule has 0 heterocycles. The van der Waals surface area contributed by atoms with E-state index in [1.54, 1.807) is 0 Å². The van der Waals surface area contributed by atoms with Crippen LogP contribution >= 0.6 is 0 Å². The second-order valence-electron chi connectivity index (χ2n) is 9.64. The Bertz CT molecular complexity index is 626. The summed E-state index contributed by atoms with van der Waals surface area (Å²) >= 11 is 0. The Morgan fingerprint density at radius 1 is 1.11 bits per heavy atom. The van der Waals surface area contributed by atoms with Crippen LogP contribution in [-0.2, 0) is 16.6 Å². The molecule has 2 fully saturated rings. The van der Waals surface area contributed by atoms with Crippen molar-refractivity contribution in [3.63, 3.8) is 0 Å². The third-order valence-electron chi connectivity index (χ3n) is 7.80. The fraction of sp³-hybridized carbons (Fsp3) is 0.720. The lowest BCUT2D eigenvalue weighted by molar-refractivity contribution is -0.153. The summed E-state index contributed by atoms with van der Waals surface area (Å²) in [5, 5.41) is 10.8. The van der Waals surface area contributed by atoms with Gasteiger partial charge in [-0.25, -0.2) is 0 Å². The van der Waals surface area contributed by atoms with Crippen LogP contribution in [0.25, 0.3) is 0 Å². The highest BCUT2D eigenvalue weighted by Gasteiger charge is 2.56. The highest BCUT2D eigenvalue weighted by molar-refractivity contribution is 5.82. The average Bonchev–Trinajstić information content (AvgIpc) is 3.17. The van der Waals surface area contributed by atoms with Crippen LogP contribution in [-0.4, -0.2) is 11.1 Å². The highest BCUT2D eigenvalue weighted by Crippen LogP contribution is 2.55. The summed E-state index contributed by atoms with van der Waals surface area (Å²) in [5.41, 5.74) is 1.65. The molecule has 1 aromatic rings. The van der Waals surface area contributed by atoms with Crippen molar-refractivity contribution in [2.75, 3.05) is 0 Å². The van der Waals surface area contributed by atoms with E-state index in [0.29, 0.717) is 17.8 Å². The van der Waals surface area contributed by atoms with Crippen molar-refractivity contribution >= 4 is 5.97 Å². The van der Waals surface area contributed by atoms with Crippen LogP contribution in [0.5, 0.6) is 0 Å². The second-order valence-corrected chi connectivity index (χ2v) is 9.64. The molecule has 2 aliphatic rings. The van der Waals surface area contributed by atoms with Gasteiger partial charge in [0.25, 0.3) is 0 Å². The van der Waals surface area contributed by atoms with Gasteiger partial charge in [0.1, 0.15) is 0 Å². The molecule has 2 aliphatic carbocycles. The molecular weight excluding hydrogens is 332 g/mol. The molecule has 3 rings (SSSR count). The summed E-state index contributed by atoms with van der Waals surface area (Å²) in [7, 11) is 0. The Morgan fingerprint density at radius 2 is 1.74 bits per heavy atom. The van der Waals surface area contributed by atoms with Crippen molar-refractivity contribution in [3.05, 3.63) is 35.4 Å². The molecule has 0 amide bonds. The van der Waals surface area contributed by atoms with E-state index in [4.69, 9.17) is 0 Å². The van der Waals surface area contributed by atoms with Gasteiger partial charge in [-0.05, 0) is 72.8 Å². The average molecular weight is 371 g/mol. The molecule has 4 atom stereocenters. The first-order chi connectivity index (χ1) is 12.9. The number of rotatable bonds is 6. The lowest BCUT2D eigenvalue weighted by Gasteiger charge is -2.50. The van der Waals surface area contributed by atoms with Crippen molar-refractivity contribution in [1.29, 1.82) is 0 Å². The Hall–Kier alpha value is -1.31. The molecule has 0 saturated heterocycles. The van der Waals surface area contributed by atoms with Crippen LogP contribution in [0.3, 0.4) is 0 Å². The number of hydrogen-bond acceptors (Lipinski definition) is 1. The van der Waals surface area contributed by atoms with Gasteiger partial charge in [0.15, 0.2) is 0 Å². The molecule has 0 aliphatic heterocycles. The molecule has 27 heavy (non-hydrogen) atoms. The van der Waals surface area contributed by atoms with E-state index in [0.717, 1.165) is 31.2 Å². The summed E-state index contributed by atoms with van der Waals surface area (Å²) < 4.78 is 0. The van der Waals surface area contributed by atoms with Gasteiger partial charge < -0.3 is 5.11 Å². The molecule has 2 nitrogen and oxygen atoms in total. The van der Waals surface area contributed by atoms with E-state index < -0.39 is 11.4 Å². The van der Waals surface area contributed by atoms with Crippen LogP contribution in [0.15, 0.2) is 24.3 Å². The number of hydrogen-bond donors (Lipinski definition) is 1. The topological polar surface area (TPSA) is 37.3 Å². The number of carbonyl (C=O) groups is 1. The monoisotopic (exact) mass is 370 g/mol. The van der Waals surface area contributed by atoms with Gasteiger partial charge in [-0.3, -0.25) is 4.79 Å². The third kappa shape index (κ3) is 3.69. The first-order valence-electron chi connectivity index (χ1n) is 11.2. The smallest absolute Gasteiger partial charge is 0.314 e. The maximum atomic E-state index is 13.1. The van der Waals surface area contributed by atoms with Gasteiger partial charge in [0.2, 0.25) is 0 Å². The summed E-state index contributed by atoms with van der Waals surface area (Å²) in [6.45, 7) is 9.09. The van der Waals surface area contributed by atoms with Gasteiger partial charge in [-0.15, -0.1) is 0 Å². The molecule has 1 N–H and O–H groups in total. The van der Waals surface area contributed by atoms with Crippen molar-refractivity contribution in [3.8, 4) is 0 Å². The van der Waals surface area contributed by atoms with Crippen LogP contribution < -0.4 is 0 Å². The zero-order valence-electron chi connectivity index (χ0n) is 17.7. The summed E-state index contributed by atoms with van der Waals surface area (Å²) in [6, 6.07) is 8.64. The maximum Gasteiger partial charge on any atom is 0.314 e. The van der Waals surface area contributed by atoms with Crippen molar-refractivity contribution in [2.45, 2.75) is 84.5 Å². The minimum atomic E-state index is -0.716. The van der Waals surface area contributed by atoms with Crippen molar-refractivity contribution in [2.24, 2.45) is 29.6 Å². The Morgan fingerprint density at radius 3 is 2.26 bits per heavy atom. The standard InChI is InChI=1S/C25H38O2/c1-5-19-11-13-21(14-12-19)25(24(26)27,20-8-6-7-9-20)23-16-18(4)10-15-22(23)17(2)3/h11-14,17-18,20,22-23H,5-10,15-16H2,1-4H3,(H,26,27)/t18-,22+,23-,25-/m1/s1. The van der Waals surface area contributed by atoms with E-state index >= 15 is 0 Å². The molecule has 150 valence electrons. The van der Waals surface area contributed by atoms with Gasteiger partial charge in [0.05, 0.1) is 5.41 Å². The molecule has 0 unspecified atom stereocenters. The largest absolute Gasteiger partial charge is 0.481 e. The molecule has 1 aromatic carbocycles. The zero-order chi connectivity index (χ0) is 19.6. The maximum absolute atomic E-state index is 13.1. The summed E-state index contributed by atoms with van der Waals surface area (Å²) in [6.07, 6.45) is 8.98. The lowest BCUT2D eigenvalue weighted by atomic mass is 9.52. The van der Waals surface area contributed by atoms with Crippen LogP contribution in [0.2, 0.25) is 0 Å². The molecule has 0 spiro atoms. The lowest BCUT2D eigenvalue weighted by Crippen LogP contribution is -2.53. The van der Waals surface area contributed by atoms with E-state index in [-0.39, 0.29) is 11.8 Å². The van der Waals surface area contributed by atoms with Gasteiger partial charge in [-0.2, -0.15) is 0 Å². The van der Waals surface area contributed by atoms with Crippen LogP contribution in [0.4, 0.5) is 0 Å². The van der Waals surface area contributed by atoms with E-state index in [1.165, 1.54) is 31.2 Å². The van der Waals surface area contributed by atoms with Crippen molar-refractivity contribution in [1.82, 2.24) is 0 Å². The Labute approximate surface area is 165 Å². The third-order valence-corrected chi connectivity index (χ3v) is 7.80. The molecule has 0 aromatic heterocycles. The van der Waals surface area contributed by atoms with Crippen molar-refractivity contribution < 1.29 is 9.90 Å². The second kappa shape index (κ2) is 8.37. The molecule has 2 heteroatoms. The van der Waals surface area contributed by atoms with Crippen LogP contribution in [0.1, 0.15) is 83.8 Å². The number of carboxylic acid groups (broad SMARTS) is 1. The van der Waals surface area contributed by atoms with E-state index in [2.05, 4.69) is 52.0 Å². The van der Waals surface area contributed by atoms with Gasteiger partial charge in [0, 0.05) is 0 Å². The van der Waals surface area contributed by atoms with Crippen LogP contribution in [0, 0.1) is 29.6 Å². The number of carboxylic acids is 1. The van der Waals surface area contributed by atoms with Gasteiger partial charge >= 0.3 is 5.97 Å². The summed E-state index contributed by atoms with van der Waals surface area (Å²) in [4.78, 5) is 13.1. The SMILES string of the molecule is CCc1ccc([C@](C(=O)O)(C2CCCC2)[C@@H]2C[C@H](C)CC[C@H]2C(C)C)cc1. The fourth-order valence-corrected chi connectivity index (χ4v) is 6.33. The predicted molar refractivity (Wildman–Crippen MR) is 112 cm³/mol. The number of aryl methyl sites for hydroxylation is 1. The molecule has 0 bridgehead atoms. The molecule has 2 saturated carbocycles. The number of benzene rings is 1. The molecule has 0 radical (unpaired) electrons. The van der Waals surface area contributed by atoms with E-state index in [9.17, 15) is 9.90 Å². The minimum absolute atomic E-state index is 0.245. The van der Waals surface area contributed by atoms with E-state index in [1.807, 2.05) is 0 Å². The summed E-state index contributed by atoms with van der Waals surface area (Å²) in [5.74, 6) is 1.62. The quantitative estimate of drug-likeness (QED) is 0.623. The Balaban J connectivity index is 2.16. The first-order valence-corrected chi connectivity index (χ1v) is 11.2. The Kier molecular flexibility index (Phi) is 6.33.